The number of thiazole rings is 1. The van der Waals surface area contributed by atoms with Crippen molar-refractivity contribution in [1.82, 2.24) is 25.1 Å². The van der Waals surface area contributed by atoms with E-state index in [0.29, 0.717) is 6.42 Å². The van der Waals surface area contributed by atoms with Crippen LogP contribution in [0, 0.1) is 13.8 Å². The third kappa shape index (κ3) is 2.72. The standard InChI is InChI=1S/C13H17N5OS/c1-8-16-17-12-4-3-10(6-18(8)12)15-13(19)5-11-7-20-9(2)14-11/h7,10H,3-6H2,1-2H3,(H,15,19). The Bertz CT molecular complexity index is 632. The number of hydrogen-bond donors (Lipinski definition) is 1. The molecule has 1 aliphatic heterocycles. The van der Waals surface area contributed by atoms with Crippen molar-refractivity contribution >= 4 is 17.2 Å². The number of hydrogen-bond acceptors (Lipinski definition) is 5. The molecule has 106 valence electrons. The molecule has 1 aliphatic rings. The van der Waals surface area contributed by atoms with Gasteiger partial charge in [-0.3, -0.25) is 4.79 Å². The van der Waals surface area contributed by atoms with E-state index in [1.165, 1.54) is 0 Å². The van der Waals surface area contributed by atoms with Crippen LogP contribution in [0.25, 0.3) is 0 Å². The zero-order valence-corrected chi connectivity index (χ0v) is 12.4. The van der Waals surface area contributed by atoms with Crippen LogP contribution in [0.4, 0.5) is 0 Å². The molecule has 2 aromatic rings. The summed E-state index contributed by atoms with van der Waals surface area (Å²) in [6, 6.07) is 0.157. The Morgan fingerprint density at radius 1 is 1.50 bits per heavy atom. The highest BCUT2D eigenvalue weighted by atomic mass is 32.1. The van der Waals surface area contributed by atoms with E-state index in [1.807, 2.05) is 19.2 Å². The third-order valence-electron chi connectivity index (χ3n) is 3.51. The van der Waals surface area contributed by atoms with E-state index in [4.69, 9.17) is 0 Å². The van der Waals surface area contributed by atoms with Crippen LogP contribution in [-0.2, 0) is 24.2 Å². The van der Waals surface area contributed by atoms with Crippen molar-refractivity contribution < 1.29 is 4.79 Å². The highest BCUT2D eigenvalue weighted by Gasteiger charge is 2.22. The maximum atomic E-state index is 12.0. The summed E-state index contributed by atoms with van der Waals surface area (Å²) >= 11 is 1.57. The second-order valence-electron chi connectivity index (χ2n) is 5.11. The fourth-order valence-corrected chi connectivity index (χ4v) is 3.13. The number of carbonyl (C=O) groups is 1. The normalized spacial score (nSPS) is 17.8. The van der Waals surface area contributed by atoms with E-state index in [0.717, 1.165) is 41.7 Å². The van der Waals surface area contributed by atoms with Crippen molar-refractivity contribution in [2.75, 3.05) is 0 Å². The predicted molar refractivity (Wildman–Crippen MR) is 75.6 cm³/mol. The summed E-state index contributed by atoms with van der Waals surface area (Å²) < 4.78 is 2.08. The lowest BCUT2D eigenvalue weighted by atomic mass is 10.1. The van der Waals surface area contributed by atoms with Gasteiger partial charge in [0.15, 0.2) is 0 Å². The van der Waals surface area contributed by atoms with Crippen LogP contribution in [0.2, 0.25) is 0 Å². The Kier molecular flexibility index (Phi) is 3.52. The highest BCUT2D eigenvalue weighted by Crippen LogP contribution is 2.15. The quantitative estimate of drug-likeness (QED) is 0.916. The molecule has 0 bridgehead atoms. The van der Waals surface area contributed by atoms with Gasteiger partial charge in [-0.2, -0.15) is 0 Å². The first-order chi connectivity index (χ1) is 9.61. The molecule has 3 rings (SSSR count). The van der Waals surface area contributed by atoms with Gasteiger partial charge in [-0.15, -0.1) is 21.5 Å². The molecule has 0 aliphatic carbocycles. The van der Waals surface area contributed by atoms with Crippen LogP contribution in [0.15, 0.2) is 5.38 Å². The number of aryl methyl sites for hydroxylation is 3. The first-order valence-corrected chi connectivity index (χ1v) is 7.59. The molecule has 0 aromatic carbocycles. The molecule has 0 radical (unpaired) electrons. The third-order valence-corrected chi connectivity index (χ3v) is 4.33. The summed E-state index contributed by atoms with van der Waals surface area (Å²) in [4.78, 5) is 16.4. The summed E-state index contributed by atoms with van der Waals surface area (Å²) in [7, 11) is 0. The van der Waals surface area contributed by atoms with Crippen molar-refractivity contribution in [1.29, 1.82) is 0 Å². The number of carbonyl (C=O) groups excluding carboxylic acids is 1. The van der Waals surface area contributed by atoms with E-state index in [2.05, 4.69) is 25.1 Å². The molecule has 0 saturated carbocycles. The van der Waals surface area contributed by atoms with Crippen molar-refractivity contribution in [3.05, 3.63) is 27.7 Å². The van der Waals surface area contributed by atoms with Crippen molar-refractivity contribution in [3.63, 3.8) is 0 Å². The molecule has 20 heavy (non-hydrogen) atoms. The monoisotopic (exact) mass is 291 g/mol. The van der Waals surface area contributed by atoms with Crippen LogP contribution in [0.5, 0.6) is 0 Å². The SMILES string of the molecule is Cc1nc(CC(=O)NC2CCc3nnc(C)n3C2)cs1. The summed E-state index contributed by atoms with van der Waals surface area (Å²) in [6.07, 6.45) is 2.14. The predicted octanol–water partition coefficient (Wildman–Crippen LogP) is 1.03. The smallest absolute Gasteiger partial charge is 0.226 e. The van der Waals surface area contributed by atoms with Gasteiger partial charge in [0, 0.05) is 24.4 Å². The lowest BCUT2D eigenvalue weighted by Crippen LogP contribution is -2.41. The Labute approximate surface area is 121 Å². The van der Waals surface area contributed by atoms with Crippen LogP contribution >= 0.6 is 11.3 Å². The number of rotatable bonds is 3. The fourth-order valence-electron chi connectivity index (χ4n) is 2.51. The van der Waals surface area contributed by atoms with Gasteiger partial charge in [-0.05, 0) is 20.3 Å². The number of fused-ring (bicyclic) bond motifs is 1. The second kappa shape index (κ2) is 5.32. The molecule has 0 spiro atoms. The van der Waals surface area contributed by atoms with Crippen LogP contribution in [0.1, 0.15) is 28.8 Å². The topological polar surface area (TPSA) is 72.7 Å². The number of nitrogens with zero attached hydrogens (tertiary/aromatic N) is 4. The minimum Gasteiger partial charge on any atom is -0.351 e. The zero-order chi connectivity index (χ0) is 14.1. The molecule has 1 amide bonds. The van der Waals surface area contributed by atoms with Gasteiger partial charge in [0.1, 0.15) is 11.6 Å². The minimum atomic E-state index is 0.0366. The summed E-state index contributed by atoms with van der Waals surface area (Å²) in [5.74, 6) is 1.96. The van der Waals surface area contributed by atoms with Crippen LogP contribution < -0.4 is 5.32 Å². The lowest BCUT2D eigenvalue weighted by molar-refractivity contribution is -0.121. The van der Waals surface area contributed by atoms with E-state index in [9.17, 15) is 4.79 Å². The van der Waals surface area contributed by atoms with Crippen LogP contribution in [0.3, 0.4) is 0 Å². The zero-order valence-electron chi connectivity index (χ0n) is 11.6. The van der Waals surface area contributed by atoms with E-state index in [-0.39, 0.29) is 11.9 Å². The average molecular weight is 291 g/mol. The molecule has 6 nitrogen and oxygen atoms in total. The second-order valence-corrected chi connectivity index (χ2v) is 6.17. The summed E-state index contributed by atoms with van der Waals surface area (Å²) in [5.41, 5.74) is 0.849. The lowest BCUT2D eigenvalue weighted by Gasteiger charge is -2.24. The molecule has 3 heterocycles. The Morgan fingerprint density at radius 2 is 2.35 bits per heavy atom. The molecule has 1 unspecified atom stereocenters. The van der Waals surface area contributed by atoms with Crippen LogP contribution in [-0.4, -0.2) is 31.7 Å². The Hall–Kier alpha value is -1.76. The molecule has 1 N–H and O–H groups in total. The van der Waals surface area contributed by atoms with Gasteiger partial charge < -0.3 is 9.88 Å². The molecule has 0 saturated heterocycles. The Morgan fingerprint density at radius 3 is 3.10 bits per heavy atom. The first-order valence-electron chi connectivity index (χ1n) is 6.71. The first kappa shape index (κ1) is 13.2. The molecule has 2 aromatic heterocycles. The number of nitrogens with one attached hydrogen (secondary N) is 1. The van der Waals surface area contributed by atoms with E-state index < -0.39 is 0 Å². The van der Waals surface area contributed by atoms with Gasteiger partial charge >= 0.3 is 0 Å². The van der Waals surface area contributed by atoms with Gasteiger partial charge in [0.2, 0.25) is 5.91 Å². The van der Waals surface area contributed by atoms with Gasteiger partial charge in [0.25, 0.3) is 0 Å². The highest BCUT2D eigenvalue weighted by molar-refractivity contribution is 7.09. The van der Waals surface area contributed by atoms with Crippen molar-refractivity contribution in [2.24, 2.45) is 0 Å². The average Bonchev–Trinajstić information content (AvgIpc) is 2.97. The number of aromatic nitrogens is 4. The van der Waals surface area contributed by atoms with E-state index in [1.54, 1.807) is 11.3 Å². The van der Waals surface area contributed by atoms with Gasteiger partial charge in [-0.1, -0.05) is 0 Å². The van der Waals surface area contributed by atoms with E-state index >= 15 is 0 Å². The van der Waals surface area contributed by atoms with Crippen molar-refractivity contribution in [3.8, 4) is 0 Å². The van der Waals surface area contributed by atoms with Gasteiger partial charge in [0.05, 0.1) is 17.1 Å². The fraction of sp³-hybridized carbons (Fsp3) is 0.538. The molecule has 7 heteroatoms. The maximum absolute atomic E-state index is 12.0. The largest absolute Gasteiger partial charge is 0.351 e. The maximum Gasteiger partial charge on any atom is 0.226 e. The number of amides is 1. The molecular weight excluding hydrogens is 274 g/mol. The van der Waals surface area contributed by atoms with Crippen molar-refractivity contribution in [2.45, 2.75) is 45.7 Å². The molecule has 1 atom stereocenters. The summed E-state index contributed by atoms with van der Waals surface area (Å²) in [5, 5.41) is 14.2. The molecular formula is C13H17N5OS. The minimum absolute atomic E-state index is 0.0366. The summed E-state index contributed by atoms with van der Waals surface area (Å²) in [6.45, 7) is 4.65. The van der Waals surface area contributed by atoms with Gasteiger partial charge in [-0.25, -0.2) is 4.98 Å². The molecule has 0 fully saturated rings. The Balaban J connectivity index is 1.59.